The lowest BCUT2D eigenvalue weighted by Crippen LogP contribution is -2.57. The number of rotatable bonds is 10. The monoisotopic (exact) mass is 571 g/mol. The molecule has 0 saturated carbocycles. The number of alkyl carbamates (subject to hydrolysis) is 1. The summed E-state index contributed by atoms with van der Waals surface area (Å²) in [4.78, 5) is 43.2. The van der Waals surface area contributed by atoms with Crippen LogP contribution in [0.5, 0.6) is 0 Å². The first-order valence-corrected chi connectivity index (χ1v) is 14.4. The Labute approximate surface area is 245 Å². The second-order valence-electron chi connectivity index (χ2n) is 11.6. The van der Waals surface area contributed by atoms with Gasteiger partial charge in [0.25, 0.3) is 5.91 Å². The highest BCUT2D eigenvalue weighted by Gasteiger charge is 2.40. The highest BCUT2D eigenvalue weighted by Crippen LogP contribution is 2.33. The number of ether oxygens (including phenoxy) is 1. The summed E-state index contributed by atoms with van der Waals surface area (Å²) in [6.45, 7) is 18.9. The number of amides is 3. The maximum Gasteiger partial charge on any atom is 0.408 e. The van der Waals surface area contributed by atoms with Gasteiger partial charge in [-0.05, 0) is 89.1 Å². The first kappa shape index (κ1) is 33.1. The third kappa shape index (κ3) is 8.23. The second kappa shape index (κ2) is 14.0. The van der Waals surface area contributed by atoms with E-state index in [1.54, 1.807) is 31.7 Å². The van der Waals surface area contributed by atoms with E-state index in [4.69, 9.17) is 16.3 Å². The molecule has 0 radical (unpaired) electrons. The molecule has 0 aliphatic heterocycles. The van der Waals surface area contributed by atoms with Gasteiger partial charge in [-0.1, -0.05) is 69.1 Å². The van der Waals surface area contributed by atoms with E-state index in [1.165, 1.54) is 0 Å². The van der Waals surface area contributed by atoms with Gasteiger partial charge in [-0.15, -0.1) is 0 Å². The van der Waals surface area contributed by atoms with Crippen LogP contribution in [-0.4, -0.2) is 40.5 Å². The molecule has 0 aliphatic carbocycles. The molecule has 4 atom stereocenters. The van der Waals surface area contributed by atoms with E-state index in [9.17, 15) is 14.4 Å². The van der Waals surface area contributed by atoms with Crippen molar-refractivity contribution in [2.45, 2.75) is 106 Å². The molecule has 4 unspecified atom stereocenters. The number of nitrogens with one attached hydrogen (secondary N) is 2. The first-order valence-electron chi connectivity index (χ1n) is 14.1. The zero-order valence-electron chi connectivity index (χ0n) is 25.6. The third-order valence-electron chi connectivity index (χ3n) is 7.41. The minimum Gasteiger partial charge on any atom is -0.444 e. The minimum absolute atomic E-state index is 0.209. The van der Waals surface area contributed by atoms with Crippen LogP contribution in [-0.2, 0) is 14.3 Å². The highest BCUT2D eigenvalue weighted by atomic mass is 35.5. The molecule has 8 heteroatoms. The van der Waals surface area contributed by atoms with Gasteiger partial charge in [0, 0.05) is 6.04 Å². The average molecular weight is 572 g/mol. The van der Waals surface area contributed by atoms with Crippen molar-refractivity contribution in [1.82, 2.24) is 10.2 Å². The Bertz CT molecular complexity index is 1190. The van der Waals surface area contributed by atoms with Crippen molar-refractivity contribution in [2.24, 2.45) is 5.92 Å². The lowest BCUT2D eigenvalue weighted by Gasteiger charge is -2.40. The van der Waals surface area contributed by atoms with Crippen LogP contribution in [0.15, 0.2) is 36.4 Å². The van der Waals surface area contributed by atoms with E-state index < -0.39 is 23.8 Å². The summed E-state index contributed by atoms with van der Waals surface area (Å²) in [6.07, 6.45) is 0.569. The van der Waals surface area contributed by atoms with Gasteiger partial charge < -0.3 is 20.3 Å². The van der Waals surface area contributed by atoms with Crippen LogP contribution < -0.4 is 10.6 Å². The van der Waals surface area contributed by atoms with E-state index in [2.05, 4.69) is 10.6 Å². The van der Waals surface area contributed by atoms with E-state index in [0.717, 1.165) is 22.3 Å². The number of hydrogen-bond acceptors (Lipinski definition) is 4. The van der Waals surface area contributed by atoms with Crippen molar-refractivity contribution >= 4 is 35.2 Å². The fraction of sp³-hybridized carbons (Fsp3) is 0.531. The van der Waals surface area contributed by atoms with Crippen molar-refractivity contribution in [2.75, 3.05) is 5.32 Å². The fourth-order valence-electron chi connectivity index (χ4n) is 4.54. The zero-order valence-corrected chi connectivity index (χ0v) is 26.4. The number of para-hydroxylation sites is 1. The molecule has 0 spiro atoms. The smallest absolute Gasteiger partial charge is 0.408 e. The molecule has 2 rings (SSSR count). The van der Waals surface area contributed by atoms with Gasteiger partial charge in [0.2, 0.25) is 5.91 Å². The molecule has 7 nitrogen and oxygen atoms in total. The van der Waals surface area contributed by atoms with Crippen LogP contribution in [0.25, 0.3) is 0 Å². The summed E-state index contributed by atoms with van der Waals surface area (Å²) < 4.78 is 5.50. The predicted molar refractivity (Wildman–Crippen MR) is 163 cm³/mol. The molecule has 0 aliphatic rings. The molecule has 0 aromatic heterocycles. The first-order chi connectivity index (χ1) is 18.6. The molecule has 0 heterocycles. The summed E-state index contributed by atoms with van der Waals surface area (Å²) in [5.74, 6) is -0.926. The largest absolute Gasteiger partial charge is 0.444 e. The van der Waals surface area contributed by atoms with E-state index >= 15 is 0 Å². The van der Waals surface area contributed by atoms with Gasteiger partial charge in [0.15, 0.2) is 0 Å². The Morgan fingerprint density at radius 2 is 1.55 bits per heavy atom. The summed E-state index contributed by atoms with van der Waals surface area (Å²) in [7, 11) is 0. The maximum absolute atomic E-state index is 14.5. The number of aryl methyl sites for hydroxylation is 2. The fourth-order valence-corrected chi connectivity index (χ4v) is 4.81. The normalized spacial score (nSPS) is 14.5. The molecule has 0 fully saturated rings. The highest BCUT2D eigenvalue weighted by molar-refractivity contribution is 6.34. The quantitative estimate of drug-likeness (QED) is 0.309. The summed E-state index contributed by atoms with van der Waals surface area (Å²) in [5, 5.41) is 6.25. The number of benzene rings is 2. The molecule has 220 valence electrons. The number of carbonyl (C=O) groups excluding carboxylic acids is 3. The van der Waals surface area contributed by atoms with Gasteiger partial charge in [-0.2, -0.15) is 0 Å². The number of halogens is 1. The second-order valence-corrected chi connectivity index (χ2v) is 12.0. The molecule has 2 N–H and O–H groups in total. The van der Waals surface area contributed by atoms with Gasteiger partial charge in [0.1, 0.15) is 17.7 Å². The Morgan fingerprint density at radius 1 is 0.950 bits per heavy atom. The van der Waals surface area contributed by atoms with Gasteiger partial charge in [-0.3, -0.25) is 9.59 Å². The Balaban J connectivity index is 2.69. The molecule has 0 bridgehead atoms. The number of hydrogen-bond donors (Lipinski definition) is 2. The number of nitrogens with zero attached hydrogens (tertiary/aromatic N) is 1. The van der Waals surface area contributed by atoms with Crippen LogP contribution in [0.1, 0.15) is 89.6 Å². The summed E-state index contributed by atoms with van der Waals surface area (Å²) >= 11 is 6.48. The average Bonchev–Trinajstić information content (AvgIpc) is 2.87. The molecule has 0 saturated heterocycles. The summed E-state index contributed by atoms with van der Waals surface area (Å²) in [6, 6.07) is 8.99. The maximum atomic E-state index is 14.5. The van der Waals surface area contributed by atoms with Crippen molar-refractivity contribution in [1.29, 1.82) is 0 Å². The molecular weight excluding hydrogens is 526 g/mol. The molecular formula is C32H46ClN3O4. The van der Waals surface area contributed by atoms with E-state index in [-0.39, 0.29) is 23.8 Å². The van der Waals surface area contributed by atoms with Crippen molar-refractivity contribution < 1.29 is 19.1 Å². The van der Waals surface area contributed by atoms with Crippen molar-refractivity contribution in [3.05, 3.63) is 63.7 Å². The SMILES string of the molecule is CCC(C)C(NC(=O)OC(C)(C)C)C(=O)N(C(C)CC)C(C(=O)Nc1c(C)cccc1Cl)c1cccc(C)c1C. The van der Waals surface area contributed by atoms with Crippen LogP contribution in [0.2, 0.25) is 5.02 Å². The number of carbonyl (C=O) groups is 3. The Kier molecular flexibility index (Phi) is 11.6. The zero-order chi connectivity index (χ0) is 30.4. The molecule has 2 aromatic carbocycles. The van der Waals surface area contributed by atoms with Crippen LogP contribution in [0, 0.1) is 26.7 Å². The van der Waals surface area contributed by atoms with Crippen LogP contribution in [0.3, 0.4) is 0 Å². The van der Waals surface area contributed by atoms with Crippen molar-refractivity contribution in [3.8, 4) is 0 Å². The van der Waals surface area contributed by atoms with Gasteiger partial charge >= 0.3 is 6.09 Å². The summed E-state index contributed by atoms with van der Waals surface area (Å²) in [5.41, 5.74) is 3.23. The van der Waals surface area contributed by atoms with E-state index in [0.29, 0.717) is 23.6 Å². The van der Waals surface area contributed by atoms with E-state index in [1.807, 2.05) is 78.8 Å². The standard InChI is InChI=1S/C32H46ClN3O4/c1-11-19(3)27(35-31(39)40-32(8,9)10)30(38)36(22(6)12-2)28(24-17-13-15-20(4)23(24)7)29(37)34-26-21(5)16-14-18-25(26)33/h13-19,22,27-28H,11-12H2,1-10H3,(H,34,37)(H,35,39). The molecule has 3 amide bonds. The lowest BCUT2D eigenvalue weighted by atomic mass is 9.91. The Morgan fingerprint density at radius 3 is 2.10 bits per heavy atom. The van der Waals surface area contributed by atoms with Crippen LogP contribution in [0.4, 0.5) is 10.5 Å². The van der Waals surface area contributed by atoms with Gasteiger partial charge in [-0.25, -0.2) is 4.79 Å². The predicted octanol–water partition coefficient (Wildman–Crippen LogP) is 7.51. The Hall–Kier alpha value is -3.06. The molecule has 40 heavy (non-hydrogen) atoms. The number of anilines is 1. The lowest BCUT2D eigenvalue weighted by molar-refractivity contribution is -0.144. The topological polar surface area (TPSA) is 87.7 Å². The van der Waals surface area contributed by atoms with Crippen LogP contribution >= 0.6 is 11.6 Å². The van der Waals surface area contributed by atoms with Gasteiger partial charge in [0.05, 0.1) is 10.7 Å². The molecule has 2 aromatic rings. The third-order valence-corrected chi connectivity index (χ3v) is 7.72. The minimum atomic E-state index is -0.968. The van der Waals surface area contributed by atoms with Crippen molar-refractivity contribution in [3.63, 3.8) is 0 Å².